The Kier molecular flexibility index (Phi) is 31.2. The fourth-order valence-corrected chi connectivity index (χ4v) is 20.3. The number of allylic oxidation sites excluding steroid dienone is 4. The number of hydrogen-bond donors (Lipinski definition) is 10. The van der Waals surface area contributed by atoms with Gasteiger partial charge in [-0.1, -0.05) is 114 Å². The van der Waals surface area contributed by atoms with Gasteiger partial charge in [0.2, 0.25) is 23.6 Å². The van der Waals surface area contributed by atoms with Gasteiger partial charge in [-0.2, -0.15) is 5.26 Å². The molecular weight excluding hydrogens is 1600 g/mol. The van der Waals surface area contributed by atoms with E-state index in [2.05, 4.69) is 68.5 Å². The molecule has 4 aromatic carbocycles. The van der Waals surface area contributed by atoms with Gasteiger partial charge in [-0.25, -0.2) is 23.2 Å². The Morgan fingerprint density at radius 2 is 1.52 bits per heavy atom. The minimum Gasteiger partial charge on any atom is -0.495 e. The number of likely N-dealkylation sites (tertiary alicyclic amines) is 1. The molecule has 4 aromatic rings. The molecule has 5 aliphatic carbocycles. The molecule has 2 unspecified atom stereocenters. The second-order valence-corrected chi connectivity index (χ2v) is 36.2. The summed E-state index contributed by atoms with van der Waals surface area (Å²) in [5, 5.41) is 46.6. The molecule has 11 rings (SSSR count). The average molecular weight is 1720 g/mol. The van der Waals surface area contributed by atoms with Crippen molar-refractivity contribution >= 4 is 88.1 Å². The number of nitrogens with zero attached hydrogens (tertiary/aromatic N) is 2. The number of carbonyl (C=O) groups is 9. The van der Waals surface area contributed by atoms with Gasteiger partial charge in [0.25, 0.3) is 5.91 Å². The van der Waals surface area contributed by atoms with Crippen molar-refractivity contribution in [1.82, 2.24) is 36.8 Å². The maximum Gasteiger partial charge on any atom is 0.410 e. The first-order valence-electron chi connectivity index (χ1n) is 42.3. The zero-order chi connectivity index (χ0) is 87.1. The van der Waals surface area contributed by atoms with Crippen LogP contribution in [0.25, 0.3) is 0 Å². The molecule has 2 saturated heterocycles. The fourth-order valence-electron chi connectivity index (χ4n) is 19.9. The minimum atomic E-state index is -1.85. The monoisotopic (exact) mass is 1720 g/mol. The third-order valence-electron chi connectivity index (χ3n) is 26.2. The first kappa shape index (κ1) is 92.4. The Morgan fingerprint density at radius 1 is 0.793 bits per heavy atom. The largest absolute Gasteiger partial charge is 0.495 e. The highest BCUT2D eigenvalue weighted by Crippen LogP contribution is 2.70. The molecule has 2 heterocycles. The molecule has 27 nitrogen and oxygen atoms in total. The molecule has 14 atom stereocenters. The van der Waals surface area contributed by atoms with E-state index in [4.69, 9.17) is 57.4 Å². The van der Waals surface area contributed by atoms with Crippen molar-refractivity contribution in [2.24, 2.45) is 51.6 Å². The number of ether oxygens (including phenoxy) is 6. The topological polar surface area (TPSA) is 379 Å². The van der Waals surface area contributed by atoms with Gasteiger partial charge in [0, 0.05) is 84.3 Å². The number of alkyl carbamates (subject to hydrolysis) is 1. The van der Waals surface area contributed by atoms with Crippen molar-refractivity contribution < 1.29 is 85.5 Å². The van der Waals surface area contributed by atoms with Crippen molar-refractivity contribution in [3.05, 3.63) is 147 Å². The number of carbonyl (C=O) groups excluding carboxylic acids is 9. The lowest BCUT2D eigenvalue weighted by Gasteiger charge is -2.63. The molecule has 7 aliphatic rings. The van der Waals surface area contributed by atoms with Crippen LogP contribution in [0.4, 0.5) is 34.5 Å². The lowest BCUT2D eigenvalue weighted by Crippen LogP contribution is -2.62. The van der Waals surface area contributed by atoms with Crippen molar-refractivity contribution in [1.29, 1.82) is 5.26 Å². The molecule has 31 heteroatoms. The summed E-state index contributed by atoms with van der Waals surface area (Å²) in [4.78, 5) is 121. The van der Waals surface area contributed by atoms with Crippen LogP contribution >= 0.6 is 23.2 Å². The third-order valence-corrected chi connectivity index (χ3v) is 26.7. The summed E-state index contributed by atoms with van der Waals surface area (Å²) in [6, 6.07) is 16.2. The number of halogens is 4. The zero-order valence-corrected chi connectivity index (χ0v) is 71.8. The SMILES string of the molecule is COc1cc(C(=O)NCCOCCOCCOCCC(=O)N[C@H](C(=O)N[C@@H](CCCNC(N)=O)C(=O)Nc2ccc(COC(=O)N3CCC(NC(=O)O[C@H]4CC[C@]5(C)C6CC[C@]7(C)[C@@H](C8=CCC(=O)C=C8)CC[C@]7(O)C6CC[C@@H]5C4)CC3)cc2)C(C)C)ccc1NC(=O)[C@@H]1N[C@@H](CC(C)(C)C)[C@](C#N)(c2ccc(Cl)cc2F)[C@H]1c1cccc(Cl)c1F. The molecular formula is C90H117Cl2F2N11O16. The third kappa shape index (κ3) is 22.0. The Labute approximate surface area is 716 Å². The smallest absolute Gasteiger partial charge is 0.410 e. The van der Waals surface area contributed by atoms with Crippen molar-refractivity contribution in [2.75, 3.05) is 83.6 Å². The summed E-state index contributed by atoms with van der Waals surface area (Å²) in [6.07, 6.45) is 14.8. The van der Waals surface area contributed by atoms with Crippen LogP contribution in [0.5, 0.6) is 5.75 Å². The second-order valence-electron chi connectivity index (χ2n) is 35.3. The van der Waals surface area contributed by atoms with E-state index >= 15 is 8.78 Å². The summed E-state index contributed by atoms with van der Waals surface area (Å²) in [5.74, 6) is -4.72. The molecule has 9 amide bonds. The van der Waals surface area contributed by atoms with Crippen LogP contribution in [0.15, 0.2) is 103 Å². The van der Waals surface area contributed by atoms with Crippen LogP contribution in [-0.4, -0.2) is 178 Å². The number of nitrogens with one attached hydrogen (secondary N) is 8. The standard InChI is InChI=1S/C90H117Cl2F2N11O16/c1-53(2)77(104-74(107)33-41-117-43-45-119-46-44-118-42-38-97-79(108)56-18-27-70(72(47-56)116-8)101-82(111)78-75(63-11-9-12-68(92)76(63)94)89(52-95,73(103-78)50-86(3,4)5)67-26-20-58(91)49-69(67)93)81(110)102-71(13-10-37-98-83(96)112)80(109)99-59-21-14-54(15-22-59)51-120-85(114)105-39-31-60(32-40-105)100-84(113)121-62-28-34-87(6)57(48-62)19-25-66-65(87)29-35-88(7)64(30-36-90(66,88)115)55-16-23-61(106)24-17-55/h9,11-12,14-18,20-23,26-27,47,49,53,57,60,62,64-66,71,73,75,77-78,103,115H,10,13,19,24-25,28-46,48,50-51H2,1-8H3,(H,97,108)(H,99,109)(H,100,113)(H,101,111)(H,102,110)(H,104,107)(H3,96,98,112)/t57-,62+,64-,65?,66?,71+,73+,75+,77+,78-,87+,88-,89+,90+/m1/s1. The van der Waals surface area contributed by atoms with E-state index in [1.54, 1.807) is 49.1 Å². The lowest BCUT2D eigenvalue weighted by molar-refractivity contribution is -0.207. The molecule has 6 fully saturated rings. The average Bonchev–Trinajstić information content (AvgIpc) is 1.60. The van der Waals surface area contributed by atoms with E-state index in [0.29, 0.717) is 55.4 Å². The molecule has 2 aliphatic heterocycles. The summed E-state index contributed by atoms with van der Waals surface area (Å²) < 4.78 is 66.8. The van der Waals surface area contributed by atoms with Gasteiger partial charge in [-0.15, -0.1) is 0 Å². The Hall–Kier alpha value is -9.28. The van der Waals surface area contributed by atoms with Gasteiger partial charge >= 0.3 is 18.2 Å². The highest BCUT2D eigenvalue weighted by molar-refractivity contribution is 6.31. The van der Waals surface area contributed by atoms with Crippen LogP contribution in [0.2, 0.25) is 10.0 Å². The van der Waals surface area contributed by atoms with Crippen molar-refractivity contribution in [2.45, 2.75) is 211 Å². The Morgan fingerprint density at radius 3 is 2.20 bits per heavy atom. The predicted octanol–water partition coefficient (Wildman–Crippen LogP) is 12.5. The van der Waals surface area contributed by atoms with E-state index < -0.39 is 112 Å². The molecule has 4 saturated carbocycles. The normalized spacial score (nSPS) is 26.2. The summed E-state index contributed by atoms with van der Waals surface area (Å²) in [7, 11) is 1.35. The molecule has 0 bridgehead atoms. The number of benzene rings is 4. The number of piperidine rings is 1. The van der Waals surface area contributed by atoms with Crippen LogP contribution in [0.3, 0.4) is 0 Å². The number of urea groups is 1. The van der Waals surface area contributed by atoms with Crippen molar-refractivity contribution in [3.63, 3.8) is 0 Å². The summed E-state index contributed by atoms with van der Waals surface area (Å²) in [5.41, 5.74) is 4.46. The number of aliphatic hydroxyl groups is 1. The zero-order valence-electron chi connectivity index (χ0n) is 70.3. The Bertz CT molecular complexity index is 4520. The minimum absolute atomic E-state index is 0.00523. The molecule has 0 aromatic heterocycles. The van der Waals surface area contributed by atoms with Gasteiger partial charge < -0.3 is 86.7 Å². The van der Waals surface area contributed by atoms with Crippen LogP contribution < -0.4 is 53.0 Å². The number of rotatable bonds is 34. The van der Waals surface area contributed by atoms with E-state index in [1.165, 1.54) is 61.2 Å². The quantitative estimate of drug-likeness (QED) is 0.0194. The number of ketones is 1. The van der Waals surface area contributed by atoms with Crippen LogP contribution in [0.1, 0.15) is 184 Å². The molecule has 656 valence electrons. The van der Waals surface area contributed by atoms with E-state index in [1.807, 2.05) is 26.8 Å². The number of primary amides is 1. The number of amides is 9. The van der Waals surface area contributed by atoms with E-state index in [0.717, 1.165) is 63.9 Å². The molecule has 11 N–H and O–H groups in total. The molecule has 121 heavy (non-hydrogen) atoms. The van der Waals surface area contributed by atoms with Crippen LogP contribution in [-0.2, 0) is 59.7 Å². The van der Waals surface area contributed by atoms with Gasteiger partial charge in [0.1, 0.15) is 47.6 Å². The Balaban J connectivity index is 0.551. The van der Waals surface area contributed by atoms with E-state index in [-0.39, 0.29) is 164 Å². The first-order chi connectivity index (χ1) is 57.7. The van der Waals surface area contributed by atoms with Gasteiger partial charge in [-0.3, -0.25) is 28.8 Å². The number of fused-ring (bicyclic) bond motifs is 5. The highest BCUT2D eigenvalue weighted by atomic mass is 35.5. The van der Waals surface area contributed by atoms with Gasteiger partial charge in [0.05, 0.1) is 75.2 Å². The first-order valence-corrected chi connectivity index (χ1v) is 43.1. The molecule has 0 radical (unpaired) electrons. The number of hydrogen-bond acceptors (Lipinski definition) is 18. The summed E-state index contributed by atoms with van der Waals surface area (Å²) in [6.45, 7) is 15.7. The van der Waals surface area contributed by atoms with Gasteiger partial charge in [-0.05, 0) is 202 Å². The number of methoxy groups -OCH3 is 1. The maximum atomic E-state index is 16.3. The summed E-state index contributed by atoms with van der Waals surface area (Å²) >= 11 is 12.5. The number of nitrogens with two attached hydrogens (primary N) is 1. The predicted molar refractivity (Wildman–Crippen MR) is 451 cm³/mol. The number of nitriles is 1. The second kappa shape index (κ2) is 40.8. The van der Waals surface area contributed by atoms with E-state index in [9.17, 15) is 53.5 Å². The highest BCUT2D eigenvalue weighted by Gasteiger charge is 2.68. The van der Waals surface area contributed by atoms with Gasteiger partial charge in [0.15, 0.2) is 5.78 Å². The van der Waals surface area contributed by atoms with Crippen LogP contribution in [0, 0.1) is 68.8 Å². The van der Waals surface area contributed by atoms with Crippen molar-refractivity contribution in [3.8, 4) is 11.8 Å². The fraction of sp³-hybridized carbons (Fsp3) is 0.578. The maximum absolute atomic E-state index is 16.3. The molecule has 0 spiro atoms. The number of anilines is 2. The lowest BCUT2D eigenvalue weighted by atomic mass is 9.43.